The maximum atomic E-state index is 12.8. The summed E-state index contributed by atoms with van der Waals surface area (Å²) in [7, 11) is 0. The van der Waals surface area contributed by atoms with E-state index < -0.39 is 49.5 Å². The molecule has 0 aliphatic carbocycles. The molecule has 1 rings (SSSR count). The third-order valence-electron chi connectivity index (χ3n) is 11.6. The van der Waals surface area contributed by atoms with Crippen LogP contribution in [0.4, 0.5) is 0 Å². The van der Waals surface area contributed by atoms with Gasteiger partial charge in [-0.3, -0.25) is 4.79 Å². The van der Waals surface area contributed by atoms with Crippen molar-refractivity contribution in [1.82, 2.24) is 5.32 Å². The van der Waals surface area contributed by atoms with Crippen molar-refractivity contribution >= 4 is 5.91 Å². The molecule has 354 valence electrons. The summed E-state index contributed by atoms with van der Waals surface area (Å²) in [5.41, 5.74) is 0. The van der Waals surface area contributed by atoms with Gasteiger partial charge in [0.05, 0.1) is 25.4 Å². The molecule has 1 amide bonds. The van der Waals surface area contributed by atoms with E-state index in [0.29, 0.717) is 12.8 Å². The SMILES string of the molecule is CC/C=C\C/C=C\C/C=C\C/C=C\C/C=C\CCCCCCCCCCCCCCCCCCCCCC(=O)NC(COC1OC(CO)C(O)C(O)C1O)C(O)CCCCC. The van der Waals surface area contributed by atoms with Crippen molar-refractivity contribution in [3.05, 3.63) is 60.8 Å². The molecule has 0 spiro atoms. The molecule has 61 heavy (non-hydrogen) atoms. The summed E-state index contributed by atoms with van der Waals surface area (Å²) in [6, 6.07) is -0.714. The number of aliphatic hydroxyl groups is 5. The Morgan fingerprint density at radius 1 is 0.574 bits per heavy atom. The molecule has 0 aromatic heterocycles. The van der Waals surface area contributed by atoms with Gasteiger partial charge in [0, 0.05) is 6.42 Å². The van der Waals surface area contributed by atoms with E-state index in [1.807, 2.05) is 0 Å². The highest BCUT2D eigenvalue weighted by Crippen LogP contribution is 2.23. The molecule has 9 nitrogen and oxygen atoms in total. The van der Waals surface area contributed by atoms with E-state index in [-0.39, 0.29) is 12.5 Å². The fraction of sp³-hybridized carbons (Fsp3) is 0.788. The Labute approximate surface area is 373 Å². The van der Waals surface area contributed by atoms with Crippen LogP contribution in [-0.2, 0) is 14.3 Å². The van der Waals surface area contributed by atoms with Gasteiger partial charge in [-0.15, -0.1) is 0 Å². The number of hydrogen-bond acceptors (Lipinski definition) is 8. The zero-order chi connectivity index (χ0) is 44.4. The lowest BCUT2D eigenvalue weighted by atomic mass is 9.99. The van der Waals surface area contributed by atoms with Crippen molar-refractivity contribution in [3.8, 4) is 0 Å². The van der Waals surface area contributed by atoms with E-state index in [1.54, 1.807) is 0 Å². The second-order valence-electron chi connectivity index (χ2n) is 17.2. The molecule has 1 aliphatic rings. The van der Waals surface area contributed by atoms with Crippen molar-refractivity contribution in [2.24, 2.45) is 0 Å². The molecule has 0 aromatic carbocycles. The van der Waals surface area contributed by atoms with Crippen LogP contribution < -0.4 is 5.32 Å². The number of allylic oxidation sites excluding steroid dienone is 10. The van der Waals surface area contributed by atoms with Gasteiger partial charge < -0.3 is 40.3 Å². The number of aliphatic hydroxyl groups excluding tert-OH is 5. The normalized spacial score (nSPS) is 20.9. The maximum Gasteiger partial charge on any atom is 0.220 e. The summed E-state index contributed by atoms with van der Waals surface area (Å²) >= 11 is 0. The van der Waals surface area contributed by atoms with E-state index in [4.69, 9.17) is 9.47 Å². The second kappa shape index (κ2) is 41.9. The Hall–Kier alpha value is -2.11. The van der Waals surface area contributed by atoms with Crippen LogP contribution in [0.25, 0.3) is 0 Å². The minimum atomic E-state index is -1.55. The van der Waals surface area contributed by atoms with Gasteiger partial charge in [0.15, 0.2) is 6.29 Å². The van der Waals surface area contributed by atoms with Crippen LogP contribution in [0, 0.1) is 0 Å². The Kier molecular flexibility index (Phi) is 39.1. The average Bonchev–Trinajstić information content (AvgIpc) is 3.26. The first-order chi connectivity index (χ1) is 29.8. The van der Waals surface area contributed by atoms with Crippen molar-refractivity contribution in [2.75, 3.05) is 13.2 Å². The number of carbonyl (C=O) groups is 1. The quantitative estimate of drug-likeness (QED) is 0.0263. The van der Waals surface area contributed by atoms with Crippen LogP contribution >= 0.6 is 0 Å². The molecule has 6 N–H and O–H groups in total. The summed E-state index contributed by atoms with van der Waals surface area (Å²) in [5, 5.41) is 53.6. The predicted octanol–water partition coefficient (Wildman–Crippen LogP) is 11.2. The van der Waals surface area contributed by atoms with Gasteiger partial charge in [-0.2, -0.15) is 0 Å². The van der Waals surface area contributed by atoms with Gasteiger partial charge in [-0.05, 0) is 57.8 Å². The van der Waals surface area contributed by atoms with Gasteiger partial charge in [0.25, 0.3) is 0 Å². The number of rotatable bonds is 41. The summed E-state index contributed by atoms with van der Waals surface area (Å²) in [5.74, 6) is -0.156. The molecule has 1 heterocycles. The first-order valence-corrected chi connectivity index (χ1v) is 25.0. The molecule has 0 aromatic rings. The predicted molar refractivity (Wildman–Crippen MR) is 253 cm³/mol. The summed E-state index contributed by atoms with van der Waals surface area (Å²) in [6.07, 6.45) is 49.3. The lowest BCUT2D eigenvalue weighted by Crippen LogP contribution is -2.60. The van der Waals surface area contributed by atoms with Gasteiger partial charge in [0.2, 0.25) is 5.91 Å². The number of carbonyl (C=O) groups excluding carboxylic acids is 1. The Balaban J connectivity index is 1.96. The average molecular weight is 860 g/mol. The van der Waals surface area contributed by atoms with Gasteiger partial charge in [-0.25, -0.2) is 0 Å². The third kappa shape index (κ3) is 32.2. The fourth-order valence-electron chi connectivity index (χ4n) is 7.66. The van der Waals surface area contributed by atoms with Gasteiger partial charge in [-0.1, -0.05) is 203 Å². The summed E-state index contributed by atoms with van der Waals surface area (Å²) in [6.45, 7) is 3.55. The van der Waals surface area contributed by atoms with Crippen molar-refractivity contribution in [1.29, 1.82) is 0 Å². The molecule has 1 aliphatic heterocycles. The molecule has 1 fully saturated rings. The number of nitrogens with one attached hydrogen (secondary N) is 1. The van der Waals surface area contributed by atoms with Crippen molar-refractivity contribution in [3.63, 3.8) is 0 Å². The molecule has 7 unspecified atom stereocenters. The van der Waals surface area contributed by atoms with Crippen molar-refractivity contribution in [2.45, 2.75) is 249 Å². The zero-order valence-corrected chi connectivity index (χ0v) is 38.9. The van der Waals surface area contributed by atoms with Crippen LogP contribution in [0.1, 0.15) is 206 Å². The molecule has 0 bridgehead atoms. The highest BCUT2D eigenvalue weighted by atomic mass is 16.7. The Morgan fingerprint density at radius 2 is 1.02 bits per heavy atom. The Morgan fingerprint density at radius 3 is 1.48 bits per heavy atom. The monoisotopic (exact) mass is 860 g/mol. The highest BCUT2D eigenvalue weighted by Gasteiger charge is 2.44. The number of amides is 1. The van der Waals surface area contributed by atoms with Crippen LogP contribution in [0.3, 0.4) is 0 Å². The van der Waals surface area contributed by atoms with Crippen LogP contribution in [-0.4, -0.2) is 87.5 Å². The van der Waals surface area contributed by atoms with Gasteiger partial charge in [0.1, 0.15) is 24.4 Å². The van der Waals surface area contributed by atoms with Crippen LogP contribution in [0.15, 0.2) is 60.8 Å². The van der Waals surface area contributed by atoms with Gasteiger partial charge >= 0.3 is 0 Å². The van der Waals surface area contributed by atoms with E-state index in [0.717, 1.165) is 70.6 Å². The third-order valence-corrected chi connectivity index (χ3v) is 11.6. The first kappa shape index (κ1) is 56.9. The molecule has 1 saturated heterocycles. The minimum Gasteiger partial charge on any atom is -0.394 e. The lowest BCUT2D eigenvalue weighted by Gasteiger charge is -2.40. The van der Waals surface area contributed by atoms with E-state index in [1.165, 1.54) is 109 Å². The summed E-state index contributed by atoms with van der Waals surface area (Å²) < 4.78 is 11.1. The fourth-order valence-corrected chi connectivity index (χ4v) is 7.66. The lowest BCUT2D eigenvalue weighted by molar-refractivity contribution is -0.302. The molecular formula is C52H93NO8. The second-order valence-corrected chi connectivity index (χ2v) is 17.2. The number of ether oxygens (including phenoxy) is 2. The maximum absolute atomic E-state index is 12.8. The van der Waals surface area contributed by atoms with Crippen LogP contribution in [0.5, 0.6) is 0 Å². The topological polar surface area (TPSA) is 149 Å². The van der Waals surface area contributed by atoms with Crippen LogP contribution in [0.2, 0.25) is 0 Å². The molecular weight excluding hydrogens is 767 g/mol. The Bertz CT molecular complexity index is 1140. The van der Waals surface area contributed by atoms with E-state index >= 15 is 0 Å². The standard InChI is InChI=1S/C52H93NO8/c1-3-5-7-8-9-10-11-12-13-14-15-16-17-18-19-20-21-22-23-24-25-26-27-28-29-30-31-32-33-34-35-36-37-38-40-42-48(56)53-45(46(55)41-39-6-4-2)44-60-52-51(59)50(58)49(57)47(43-54)61-52/h5,7,9-10,12-13,15-16,18-19,45-47,49-52,54-55,57-59H,3-4,6,8,11,14,17,20-44H2,1-2H3,(H,53,56)/b7-5-,10-9-,13-12-,16-15-,19-18-. The molecule has 7 atom stereocenters. The zero-order valence-electron chi connectivity index (χ0n) is 38.9. The number of hydrogen-bond donors (Lipinski definition) is 6. The molecule has 0 saturated carbocycles. The summed E-state index contributed by atoms with van der Waals surface area (Å²) in [4.78, 5) is 12.8. The molecule has 9 heteroatoms. The largest absolute Gasteiger partial charge is 0.394 e. The minimum absolute atomic E-state index is 0.142. The smallest absolute Gasteiger partial charge is 0.220 e. The van der Waals surface area contributed by atoms with E-state index in [9.17, 15) is 30.3 Å². The first-order valence-electron chi connectivity index (χ1n) is 25.0. The number of unbranched alkanes of at least 4 members (excludes halogenated alkanes) is 21. The molecule has 0 radical (unpaired) electrons. The van der Waals surface area contributed by atoms with Crippen molar-refractivity contribution < 1.29 is 39.8 Å². The van der Waals surface area contributed by atoms with E-state index in [2.05, 4.69) is 79.9 Å². The highest BCUT2D eigenvalue weighted by molar-refractivity contribution is 5.76.